The van der Waals surface area contributed by atoms with Gasteiger partial charge in [0.05, 0.1) is 0 Å². The largest absolute Gasteiger partial charge is 0.462 e. The molecule has 0 radical (unpaired) electrons. The zero-order chi connectivity index (χ0) is 58.5. The Morgan fingerprint density at radius 1 is 0.259 bits per heavy atom. The maximum absolute atomic E-state index is 12.9. The lowest BCUT2D eigenvalue weighted by molar-refractivity contribution is -0.167. The molecule has 6 nitrogen and oxygen atoms in total. The molecule has 0 bridgehead atoms. The fourth-order valence-electron chi connectivity index (χ4n) is 10.2. The Morgan fingerprint density at radius 3 is 0.765 bits per heavy atom. The van der Waals surface area contributed by atoms with Crippen LogP contribution in [0.3, 0.4) is 0 Å². The third kappa shape index (κ3) is 67.3. The van der Waals surface area contributed by atoms with Crippen molar-refractivity contribution in [3.8, 4) is 0 Å². The molecule has 0 aliphatic heterocycles. The molecule has 468 valence electrons. The van der Waals surface area contributed by atoms with Gasteiger partial charge in [-0.2, -0.15) is 0 Å². The van der Waals surface area contributed by atoms with Gasteiger partial charge in [-0.15, -0.1) is 0 Å². The number of carbonyl (C=O) groups is 3. The van der Waals surface area contributed by atoms with Crippen molar-refractivity contribution in [3.63, 3.8) is 0 Å². The molecule has 0 aromatic heterocycles. The Labute approximate surface area is 503 Å². The highest BCUT2D eigenvalue weighted by Crippen LogP contribution is 2.18. The molecule has 1 atom stereocenters. The average molecular weight is 1130 g/mol. The van der Waals surface area contributed by atoms with Crippen molar-refractivity contribution in [2.45, 2.75) is 361 Å². The minimum Gasteiger partial charge on any atom is -0.462 e. The molecule has 1 unspecified atom stereocenters. The molecule has 0 saturated carbocycles. The highest BCUT2D eigenvalue weighted by molar-refractivity contribution is 5.71. The highest BCUT2D eigenvalue weighted by Gasteiger charge is 2.19. The summed E-state index contributed by atoms with van der Waals surface area (Å²) in [6.45, 7) is 6.41. The fourth-order valence-corrected chi connectivity index (χ4v) is 10.2. The molecular weight excluding hydrogens is 997 g/mol. The van der Waals surface area contributed by atoms with Crippen LogP contribution in [0, 0.1) is 0 Å². The predicted octanol–water partition coefficient (Wildman–Crippen LogP) is 24.2. The van der Waals surface area contributed by atoms with Crippen LogP contribution in [-0.4, -0.2) is 37.2 Å². The number of esters is 3. The first kappa shape index (κ1) is 77.6. The van der Waals surface area contributed by atoms with Crippen molar-refractivity contribution >= 4 is 17.9 Å². The maximum atomic E-state index is 12.9. The first-order chi connectivity index (χ1) is 40.0. The maximum Gasteiger partial charge on any atom is 0.306 e. The molecule has 0 aromatic carbocycles. The van der Waals surface area contributed by atoms with E-state index in [-0.39, 0.29) is 31.1 Å². The quantitative estimate of drug-likeness (QED) is 0.0261. The summed E-state index contributed by atoms with van der Waals surface area (Å²) in [6, 6.07) is 0. The van der Waals surface area contributed by atoms with Crippen molar-refractivity contribution in [2.75, 3.05) is 13.2 Å². The number of hydrogen-bond donors (Lipinski definition) is 0. The molecule has 0 aliphatic carbocycles. The molecule has 0 amide bonds. The SMILES string of the molecule is CC/C=C\C/C=C\C/C=C\C/C=C\CCCCCCC(=O)OC(COC(=O)CCCCC/C=C\C/C=C\C/C=C\CC)COC(=O)CCCCCCCCCCCCCCCCCCCCCCCCCCCCCCCCCCC. The predicted molar refractivity (Wildman–Crippen MR) is 353 cm³/mol. The number of ether oxygens (including phenoxy) is 3. The third-order valence-electron chi connectivity index (χ3n) is 15.4. The Morgan fingerprint density at radius 2 is 0.481 bits per heavy atom. The second kappa shape index (κ2) is 69.1. The van der Waals surface area contributed by atoms with Crippen LogP contribution in [0.4, 0.5) is 0 Å². The van der Waals surface area contributed by atoms with E-state index in [4.69, 9.17) is 14.2 Å². The number of carbonyl (C=O) groups excluding carboxylic acids is 3. The van der Waals surface area contributed by atoms with Gasteiger partial charge in [0.1, 0.15) is 13.2 Å². The molecule has 0 N–H and O–H groups in total. The van der Waals surface area contributed by atoms with Crippen LogP contribution in [-0.2, 0) is 28.6 Å². The molecule has 0 saturated heterocycles. The van der Waals surface area contributed by atoms with Gasteiger partial charge in [0, 0.05) is 19.3 Å². The molecule has 6 heteroatoms. The highest BCUT2D eigenvalue weighted by atomic mass is 16.6. The number of allylic oxidation sites excluding steroid dienone is 14. The molecule has 0 aliphatic rings. The van der Waals surface area contributed by atoms with Gasteiger partial charge < -0.3 is 14.2 Å². The van der Waals surface area contributed by atoms with Crippen molar-refractivity contribution < 1.29 is 28.6 Å². The molecule has 0 rings (SSSR count). The molecule has 0 spiro atoms. The lowest BCUT2D eigenvalue weighted by Gasteiger charge is -2.18. The topological polar surface area (TPSA) is 78.9 Å². The standard InChI is InChI=1S/C75H132O6/c1-4-7-10-13-16-19-22-25-27-29-30-31-32-33-34-35-36-37-38-39-40-41-42-43-44-46-47-50-53-56-59-62-65-68-74(77)80-71-72(70-79-73(76)67-64-61-58-55-52-49-24-21-18-15-12-9-6-3)81-75(78)69-66-63-60-57-54-51-48-45-28-26-23-20-17-14-11-8-5-2/h8-9,11-12,17-18,20-21,26,28,48-49,51-52,72H,4-7,10,13-16,19,22-25,27,29-47,50,53-71H2,1-3H3/b11-8-,12-9-,20-17-,21-18-,28-26-,51-48-,52-49-. The monoisotopic (exact) mass is 1130 g/mol. The van der Waals surface area contributed by atoms with Gasteiger partial charge in [0.15, 0.2) is 6.10 Å². The third-order valence-corrected chi connectivity index (χ3v) is 15.4. The minimum atomic E-state index is -0.802. The summed E-state index contributed by atoms with van der Waals surface area (Å²) in [7, 11) is 0. The zero-order valence-corrected chi connectivity index (χ0v) is 53.8. The van der Waals surface area contributed by atoms with E-state index in [2.05, 4.69) is 106 Å². The van der Waals surface area contributed by atoms with Gasteiger partial charge in [-0.3, -0.25) is 14.4 Å². The first-order valence-electron chi connectivity index (χ1n) is 35.1. The van der Waals surface area contributed by atoms with E-state index in [1.807, 2.05) is 0 Å². The summed E-state index contributed by atoms with van der Waals surface area (Å²) in [5.74, 6) is -0.935. The van der Waals surface area contributed by atoms with Crippen LogP contribution in [0.1, 0.15) is 355 Å². The smallest absolute Gasteiger partial charge is 0.306 e. The van der Waals surface area contributed by atoms with Crippen LogP contribution in [0.25, 0.3) is 0 Å². The summed E-state index contributed by atoms with van der Waals surface area (Å²) in [6.07, 6.45) is 92.2. The molecule has 0 fully saturated rings. The van der Waals surface area contributed by atoms with Crippen molar-refractivity contribution in [3.05, 3.63) is 85.1 Å². The van der Waals surface area contributed by atoms with E-state index in [0.717, 1.165) is 122 Å². The van der Waals surface area contributed by atoms with Gasteiger partial charge in [0.25, 0.3) is 0 Å². The summed E-state index contributed by atoms with van der Waals surface area (Å²) in [4.78, 5) is 38.3. The lowest BCUT2D eigenvalue weighted by atomic mass is 10.0. The summed E-state index contributed by atoms with van der Waals surface area (Å²) in [5.41, 5.74) is 0. The van der Waals surface area contributed by atoms with Gasteiger partial charge >= 0.3 is 17.9 Å². The van der Waals surface area contributed by atoms with Gasteiger partial charge in [0.2, 0.25) is 0 Å². The Balaban J connectivity index is 4.15. The van der Waals surface area contributed by atoms with Crippen LogP contribution >= 0.6 is 0 Å². The van der Waals surface area contributed by atoms with E-state index in [1.165, 1.54) is 193 Å². The van der Waals surface area contributed by atoms with Crippen molar-refractivity contribution in [2.24, 2.45) is 0 Å². The van der Waals surface area contributed by atoms with E-state index < -0.39 is 6.10 Å². The normalized spacial score (nSPS) is 12.6. The van der Waals surface area contributed by atoms with Crippen LogP contribution in [0.15, 0.2) is 85.1 Å². The molecule has 0 aromatic rings. The van der Waals surface area contributed by atoms with Crippen molar-refractivity contribution in [1.29, 1.82) is 0 Å². The van der Waals surface area contributed by atoms with Gasteiger partial charge in [-0.25, -0.2) is 0 Å². The second-order valence-electron chi connectivity index (χ2n) is 23.4. The van der Waals surface area contributed by atoms with Crippen molar-refractivity contribution in [1.82, 2.24) is 0 Å². The second-order valence-corrected chi connectivity index (χ2v) is 23.4. The van der Waals surface area contributed by atoms with Crippen LogP contribution < -0.4 is 0 Å². The van der Waals surface area contributed by atoms with E-state index >= 15 is 0 Å². The summed E-state index contributed by atoms with van der Waals surface area (Å²) < 4.78 is 16.9. The molecular formula is C75H132O6. The van der Waals surface area contributed by atoms with E-state index in [9.17, 15) is 14.4 Å². The number of hydrogen-bond acceptors (Lipinski definition) is 6. The Bertz CT molecular complexity index is 1530. The average Bonchev–Trinajstić information content (AvgIpc) is 3.46. The van der Waals surface area contributed by atoms with E-state index in [0.29, 0.717) is 19.3 Å². The number of unbranched alkanes of at least 4 members (excludes halogenated alkanes) is 39. The molecule has 0 heterocycles. The fraction of sp³-hybridized carbons (Fsp3) is 0.773. The minimum absolute atomic E-state index is 0.0939. The van der Waals surface area contributed by atoms with Gasteiger partial charge in [-0.1, -0.05) is 331 Å². The van der Waals surface area contributed by atoms with Crippen LogP contribution in [0.2, 0.25) is 0 Å². The Hall–Kier alpha value is -3.41. The summed E-state index contributed by atoms with van der Waals surface area (Å²) >= 11 is 0. The molecule has 81 heavy (non-hydrogen) atoms. The first-order valence-corrected chi connectivity index (χ1v) is 35.1. The number of rotatable bonds is 64. The van der Waals surface area contributed by atoms with Crippen LogP contribution in [0.5, 0.6) is 0 Å². The Kier molecular flexibility index (Phi) is 66.2. The summed E-state index contributed by atoms with van der Waals surface area (Å²) in [5, 5.41) is 0. The lowest BCUT2D eigenvalue weighted by Crippen LogP contribution is -2.30. The zero-order valence-electron chi connectivity index (χ0n) is 53.8. The van der Waals surface area contributed by atoms with E-state index in [1.54, 1.807) is 0 Å². The van der Waals surface area contributed by atoms with Gasteiger partial charge in [-0.05, 0) is 89.9 Å².